The van der Waals surface area contributed by atoms with Crippen LogP contribution in [0.1, 0.15) is 16.7 Å². The third-order valence-electron chi connectivity index (χ3n) is 3.67. The Bertz CT molecular complexity index is 655. The van der Waals surface area contributed by atoms with Crippen LogP contribution in [0.2, 0.25) is 0 Å². The molecule has 0 bridgehead atoms. The Morgan fingerprint density at radius 3 is 3.05 bits per heavy atom. The van der Waals surface area contributed by atoms with Crippen LogP contribution in [0.4, 0.5) is 11.4 Å². The van der Waals surface area contributed by atoms with E-state index in [4.69, 9.17) is 10.5 Å². The van der Waals surface area contributed by atoms with Crippen molar-refractivity contribution in [3.8, 4) is 5.75 Å². The Morgan fingerprint density at radius 1 is 1.35 bits per heavy atom. The number of ether oxygens (including phenoxy) is 1. The highest BCUT2D eigenvalue weighted by Gasteiger charge is 2.17. The van der Waals surface area contributed by atoms with Gasteiger partial charge in [0, 0.05) is 34.4 Å². The molecule has 0 aliphatic carbocycles. The average molecular weight is 333 g/mol. The van der Waals surface area contributed by atoms with E-state index in [1.165, 1.54) is 11.1 Å². The summed E-state index contributed by atoms with van der Waals surface area (Å²) >= 11 is 3.56. The molecule has 0 aromatic heterocycles. The van der Waals surface area contributed by atoms with Crippen LogP contribution in [0, 0.1) is 6.92 Å². The van der Waals surface area contributed by atoms with Crippen LogP contribution < -0.4 is 15.8 Å². The van der Waals surface area contributed by atoms with Gasteiger partial charge in [-0.15, -0.1) is 0 Å². The number of hydrogen-bond donors (Lipinski definition) is 2. The van der Waals surface area contributed by atoms with Gasteiger partial charge in [-0.2, -0.15) is 0 Å². The van der Waals surface area contributed by atoms with E-state index in [0.717, 1.165) is 46.7 Å². The van der Waals surface area contributed by atoms with Gasteiger partial charge >= 0.3 is 0 Å². The molecule has 2 aromatic carbocycles. The number of halogens is 1. The number of rotatable bonds is 3. The largest absolute Gasteiger partial charge is 0.493 e. The molecule has 3 nitrogen and oxygen atoms in total. The van der Waals surface area contributed by atoms with E-state index < -0.39 is 0 Å². The molecule has 1 aliphatic heterocycles. The molecule has 3 rings (SSSR count). The molecule has 0 atom stereocenters. The maximum absolute atomic E-state index is 5.93. The molecule has 0 unspecified atom stereocenters. The van der Waals surface area contributed by atoms with Crippen molar-refractivity contribution in [1.29, 1.82) is 0 Å². The van der Waals surface area contributed by atoms with E-state index in [0.29, 0.717) is 0 Å². The van der Waals surface area contributed by atoms with Crippen molar-refractivity contribution < 1.29 is 4.74 Å². The summed E-state index contributed by atoms with van der Waals surface area (Å²) in [6, 6.07) is 10.2. The number of nitrogens with two attached hydrogens (primary N) is 1. The minimum atomic E-state index is 0.728. The summed E-state index contributed by atoms with van der Waals surface area (Å²) in [5.74, 6) is 1.03. The quantitative estimate of drug-likeness (QED) is 0.838. The Labute approximate surface area is 127 Å². The van der Waals surface area contributed by atoms with Gasteiger partial charge in [0.25, 0.3) is 0 Å². The number of anilines is 2. The fourth-order valence-corrected chi connectivity index (χ4v) is 3.07. The topological polar surface area (TPSA) is 47.3 Å². The minimum absolute atomic E-state index is 0.728. The first-order valence-electron chi connectivity index (χ1n) is 6.68. The van der Waals surface area contributed by atoms with E-state index in [1.807, 2.05) is 25.1 Å². The molecular formula is C16H17BrN2O. The number of nitrogens with one attached hydrogen (secondary N) is 1. The Kier molecular flexibility index (Phi) is 3.57. The smallest absolute Gasteiger partial charge is 0.127 e. The fourth-order valence-electron chi connectivity index (χ4n) is 2.51. The standard InChI is InChI=1S/C16H17BrN2O/c1-10-14(18)3-2-4-15(10)19-9-12-8-13(17)7-11-5-6-20-16(11)12/h2-4,7-8,19H,5-6,9,18H2,1H3. The highest BCUT2D eigenvalue weighted by Crippen LogP contribution is 2.33. The lowest BCUT2D eigenvalue weighted by Gasteiger charge is -2.13. The number of nitrogen functional groups attached to an aromatic ring is 1. The van der Waals surface area contributed by atoms with Gasteiger partial charge in [-0.1, -0.05) is 22.0 Å². The van der Waals surface area contributed by atoms with Gasteiger partial charge < -0.3 is 15.8 Å². The average Bonchev–Trinajstić information content (AvgIpc) is 2.88. The van der Waals surface area contributed by atoms with Crippen molar-refractivity contribution in [2.24, 2.45) is 0 Å². The number of hydrogen-bond acceptors (Lipinski definition) is 3. The molecular weight excluding hydrogens is 316 g/mol. The molecule has 0 amide bonds. The number of fused-ring (bicyclic) bond motifs is 1. The van der Waals surface area contributed by atoms with E-state index in [9.17, 15) is 0 Å². The minimum Gasteiger partial charge on any atom is -0.493 e. The van der Waals surface area contributed by atoms with Crippen LogP contribution in [-0.4, -0.2) is 6.61 Å². The van der Waals surface area contributed by atoms with Gasteiger partial charge in [-0.25, -0.2) is 0 Å². The Balaban J connectivity index is 1.84. The molecule has 0 fully saturated rings. The molecule has 0 spiro atoms. The predicted octanol–water partition coefficient (Wildman–Crippen LogP) is 3.89. The zero-order valence-electron chi connectivity index (χ0n) is 11.4. The third kappa shape index (κ3) is 2.48. The lowest BCUT2D eigenvalue weighted by atomic mass is 10.1. The summed E-state index contributed by atoms with van der Waals surface area (Å²) in [6.45, 7) is 3.53. The normalized spacial score (nSPS) is 12.9. The molecule has 1 aliphatic rings. The van der Waals surface area contributed by atoms with Gasteiger partial charge in [-0.05, 0) is 42.3 Å². The van der Waals surface area contributed by atoms with E-state index in [-0.39, 0.29) is 0 Å². The molecule has 20 heavy (non-hydrogen) atoms. The summed E-state index contributed by atoms with van der Waals surface area (Å²) in [4.78, 5) is 0. The second kappa shape index (κ2) is 5.37. The van der Waals surface area contributed by atoms with Crippen molar-refractivity contribution in [3.63, 3.8) is 0 Å². The lowest BCUT2D eigenvalue weighted by Crippen LogP contribution is -2.04. The van der Waals surface area contributed by atoms with Crippen LogP contribution in [-0.2, 0) is 13.0 Å². The van der Waals surface area contributed by atoms with E-state index in [2.05, 4.69) is 33.4 Å². The van der Waals surface area contributed by atoms with E-state index in [1.54, 1.807) is 0 Å². The van der Waals surface area contributed by atoms with Gasteiger partial charge in [0.05, 0.1) is 6.61 Å². The predicted molar refractivity (Wildman–Crippen MR) is 86.3 cm³/mol. The molecule has 1 heterocycles. The van der Waals surface area contributed by atoms with Crippen molar-refractivity contribution in [3.05, 3.63) is 51.5 Å². The van der Waals surface area contributed by atoms with Crippen LogP contribution in [0.15, 0.2) is 34.8 Å². The number of benzene rings is 2. The summed E-state index contributed by atoms with van der Waals surface area (Å²) in [6.07, 6.45) is 0.985. The summed E-state index contributed by atoms with van der Waals surface area (Å²) in [5, 5.41) is 3.45. The summed E-state index contributed by atoms with van der Waals surface area (Å²) < 4.78 is 6.84. The molecule has 4 heteroatoms. The molecule has 0 radical (unpaired) electrons. The van der Waals surface area contributed by atoms with Crippen LogP contribution in [0.3, 0.4) is 0 Å². The lowest BCUT2D eigenvalue weighted by molar-refractivity contribution is 0.354. The highest BCUT2D eigenvalue weighted by atomic mass is 79.9. The third-order valence-corrected chi connectivity index (χ3v) is 4.13. The molecule has 3 N–H and O–H groups in total. The van der Waals surface area contributed by atoms with Crippen molar-refractivity contribution in [1.82, 2.24) is 0 Å². The van der Waals surface area contributed by atoms with Crippen molar-refractivity contribution in [2.45, 2.75) is 19.9 Å². The fraction of sp³-hybridized carbons (Fsp3) is 0.250. The van der Waals surface area contributed by atoms with E-state index >= 15 is 0 Å². The Morgan fingerprint density at radius 2 is 2.20 bits per heavy atom. The Hall–Kier alpha value is -1.68. The van der Waals surface area contributed by atoms with Crippen molar-refractivity contribution >= 4 is 27.3 Å². The van der Waals surface area contributed by atoms with Crippen molar-refractivity contribution in [2.75, 3.05) is 17.7 Å². The van der Waals surface area contributed by atoms with Crippen LogP contribution in [0.25, 0.3) is 0 Å². The SMILES string of the molecule is Cc1c(N)cccc1NCc1cc(Br)cc2c1OCC2. The van der Waals surface area contributed by atoms with Gasteiger partial charge in [0.15, 0.2) is 0 Å². The van der Waals surface area contributed by atoms with Gasteiger partial charge in [0.1, 0.15) is 5.75 Å². The van der Waals surface area contributed by atoms with Gasteiger partial charge in [-0.3, -0.25) is 0 Å². The first-order valence-corrected chi connectivity index (χ1v) is 7.47. The molecule has 0 saturated heterocycles. The molecule has 0 saturated carbocycles. The monoisotopic (exact) mass is 332 g/mol. The summed E-state index contributed by atoms with van der Waals surface area (Å²) in [5.41, 5.74) is 11.3. The first kappa shape index (κ1) is 13.3. The second-order valence-electron chi connectivity index (χ2n) is 5.02. The van der Waals surface area contributed by atoms with Gasteiger partial charge in [0.2, 0.25) is 0 Å². The zero-order valence-corrected chi connectivity index (χ0v) is 13.0. The zero-order chi connectivity index (χ0) is 14.1. The van der Waals surface area contributed by atoms with Crippen LogP contribution in [0.5, 0.6) is 5.75 Å². The second-order valence-corrected chi connectivity index (χ2v) is 5.94. The maximum atomic E-state index is 5.93. The molecule has 104 valence electrons. The molecule has 2 aromatic rings. The summed E-state index contributed by atoms with van der Waals surface area (Å²) in [7, 11) is 0. The van der Waals surface area contributed by atoms with Crippen LogP contribution >= 0.6 is 15.9 Å². The maximum Gasteiger partial charge on any atom is 0.127 e. The first-order chi connectivity index (χ1) is 9.65. The highest BCUT2D eigenvalue weighted by molar-refractivity contribution is 9.10.